The minimum absolute atomic E-state index is 0.542. The van der Waals surface area contributed by atoms with Gasteiger partial charge in [0.05, 0.1) is 0 Å². The van der Waals surface area contributed by atoms with E-state index in [2.05, 4.69) is 42.5 Å². The van der Waals surface area contributed by atoms with Crippen molar-refractivity contribution >= 4 is 32.3 Å². The third-order valence-electron chi connectivity index (χ3n) is 6.12. The lowest BCUT2D eigenvalue weighted by Crippen LogP contribution is -1.92. The molecule has 0 amide bonds. The van der Waals surface area contributed by atoms with Crippen LogP contribution < -0.4 is 0 Å². The summed E-state index contributed by atoms with van der Waals surface area (Å²) < 4.78 is 28.3. The second kappa shape index (κ2) is 7.28. The molecule has 0 fully saturated rings. The number of hydrogen-bond donors (Lipinski definition) is 0. The molecule has 0 saturated carbocycles. The molecular weight excluding hydrogens is 398 g/mol. The van der Waals surface area contributed by atoms with Gasteiger partial charge in [0.2, 0.25) is 0 Å². The maximum absolute atomic E-state index is 14.2. The molecule has 0 aromatic heterocycles. The lowest BCUT2D eigenvalue weighted by atomic mass is 9.85. The number of fused-ring (bicyclic) bond motifs is 3. The van der Waals surface area contributed by atoms with Gasteiger partial charge in [0, 0.05) is 6.07 Å². The number of halogens is 2. The van der Waals surface area contributed by atoms with E-state index in [0.717, 1.165) is 44.3 Å². The number of benzene rings is 6. The van der Waals surface area contributed by atoms with Gasteiger partial charge in [-0.2, -0.15) is 0 Å². The van der Waals surface area contributed by atoms with Crippen molar-refractivity contribution in [3.63, 3.8) is 0 Å². The molecule has 0 aliphatic carbocycles. The maximum atomic E-state index is 14.2. The second-order valence-corrected chi connectivity index (χ2v) is 8.06. The first-order valence-corrected chi connectivity index (χ1v) is 10.6. The van der Waals surface area contributed by atoms with Gasteiger partial charge >= 0.3 is 0 Å². The molecule has 0 heterocycles. The maximum Gasteiger partial charge on any atom is 0.126 e. The van der Waals surface area contributed by atoms with Gasteiger partial charge in [0.15, 0.2) is 0 Å². The fourth-order valence-corrected chi connectivity index (χ4v) is 4.79. The Bertz CT molecular complexity index is 1570. The minimum atomic E-state index is -0.577. The first-order chi connectivity index (χ1) is 15.7. The van der Waals surface area contributed by atoms with Crippen LogP contribution in [0.2, 0.25) is 0 Å². The average molecular weight is 416 g/mol. The lowest BCUT2D eigenvalue weighted by molar-refractivity contribution is 0.584. The molecule has 0 radical (unpaired) electrons. The van der Waals surface area contributed by atoms with Gasteiger partial charge < -0.3 is 0 Å². The molecule has 6 aromatic rings. The highest BCUT2D eigenvalue weighted by atomic mass is 19.1. The highest BCUT2D eigenvalue weighted by Gasteiger charge is 2.17. The van der Waals surface area contributed by atoms with Crippen molar-refractivity contribution in [3.8, 4) is 22.3 Å². The molecule has 6 aromatic carbocycles. The van der Waals surface area contributed by atoms with E-state index in [9.17, 15) is 8.78 Å². The summed E-state index contributed by atoms with van der Waals surface area (Å²) in [6.07, 6.45) is 0. The number of rotatable bonds is 2. The molecule has 6 rings (SSSR count). The van der Waals surface area contributed by atoms with Gasteiger partial charge in [-0.25, -0.2) is 8.78 Å². The SMILES string of the molecule is Fc1cc(F)cc(-c2c3ccccc3c(-c3ccc4ccccc4c3)c3ccccc23)c1. The lowest BCUT2D eigenvalue weighted by Gasteiger charge is -2.18. The fourth-order valence-electron chi connectivity index (χ4n) is 4.79. The molecule has 152 valence electrons. The van der Waals surface area contributed by atoms with Crippen molar-refractivity contribution in [2.45, 2.75) is 0 Å². The molecule has 0 aliphatic rings. The third-order valence-corrected chi connectivity index (χ3v) is 6.12. The highest BCUT2D eigenvalue weighted by Crippen LogP contribution is 2.44. The predicted octanol–water partition coefficient (Wildman–Crippen LogP) is 8.76. The molecular formula is C30H18F2. The molecule has 0 atom stereocenters. The first-order valence-electron chi connectivity index (χ1n) is 10.6. The smallest absolute Gasteiger partial charge is 0.126 e. The highest BCUT2D eigenvalue weighted by molar-refractivity contribution is 6.21. The summed E-state index contributed by atoms with van der Waals surface area (Å²) in [5, 5.41) is 6.42. The Balaban J connectivity index is 1.78. The van der Waals surface area contributed by atoms with Crippen LogP contribution in [0, 0.1) is 11.6 Å². The molecule has 0 aliphatic heterocycles. The van der Waals surface area contributed by atoms with Crippen molar-refractivity contribution < 1.29 is 8.78 Å². The van der Waals surface area contributed by atoms with E-state index >= 15 is 0 Å². The zero-order valence-corrected chi connectivity index (χ0v) is 17.1. The van der Waals surface area contributed by atoms with Crippen molar-refractivity contribution in [3.05, 3.63) is 121 Å². The Hall–Kier alpha value is -4.04. The van der Waals surface area contributed by atoms with E-state index in [0.29, 0.717) is 5.56 Å². The monoisotopic (exact) mass is 416 g/mol. The topological polar surface area (TPSA) is 0 Å². The van der Waals surface area contributed by atoms with Crippen molar-refractivity contribution in [1.29, 1.82) is 0 Å². The normalized spacial score (nSPS) is 11.4. The summed E-state index contributed by atoms with van der Waals surface area (Å²) in [4.78, 5) is 0. The summed E-state index contributed by atoms with van der Waals surface area (Å²) in [6.45, 7) is 0. The number of hydrogen-bond acceptors (Lipinski definition) is 0. The molecule has 0 N–H and O–H groups in total. The first kappa shape index (κ1) is 18.7. The summed E-state index contributed by atoms with van der Waals surface area (Å²) >= 11 is 0. The molecule has 0 spiro atoms. The molecule has 0 bridgehead atoms. The van der Waals surface area contributed by atoms with Crippen molar-refractivity contribution in [2.24, 2.45) is 0 Å². The summed E-state index contributed by atoms with van der Waals surface area (Å²) in [5.74, 6) is -1.15. The van der Waals surface area contributed by atoms with E-state index in [-0.39, 0.29) is 0 Å². The van der Waals surface area contributed by atoms with Crippen LogP contribution in [0.5, 0.6) is 0 Å². The summed E-state index contributed by atoms with van der Waals surface area (Å²) in [5.41, 5.74) is 3.63. The van der Waals surface area contributed by atoms with Gasteiger partial charge in [-0.05, 0) is 72.8 Å². The molecule has 2 heteroatoms. The van der Waals surface area contributed by atoms with Gasteiger partial charge in [0.25, 0.3) is 0 Å². The van der Waals surface area contributed by atoms with Crippen LogP contribution in [0.1, 0.15) is 0 Å². The van der Waals surface area contributed by atoms with Crippen molar-refractivity contribution in [2.75, 3.05) is 0 Å². The largest absolute Gasteiger partial charge is 0.207 e. The molecule has 0 saturated heterocycles. The van der Waals surface area contributed by atoms with E-state index in [4.69, 9.17) is 0 Å². The van der Waals surface area contributed by atoms with Crippen LogP contribution in [0.15, 0.2) is 109 Å². The fraction of sp³-hybridized carbons (Fsp3) is 0. The van der Waals surface area contributed by atoms with Crippen LogP contribution in [-0.2, 0) is 0 Å². The van der Waals surface area contributed by atoms with Crippen LogP contribution >= 0.6 is 0 Å². The summed E-state index contributed by atoms with van der Waals surface area (Å²) in [7, 11) is 0. The zero-order valence-electron chi connectivity index (χ0n) is 17.1. The summed E-state index contributed by atoms with van der Waals surface area (Å²) in [6, 6.07) is 34.8. The Kier molecular flexibility index (Phi) is 4.26. The van der Waals surface area contributed by atoms with Crippen molar-refractivity contribution in [1.82, 2.24) is 0 Å². The van der Waals surface area contributed by atoms with Crippen LogP contribution in [0.25, 0.3) is 54.6 Å². The Morgan fingerprint density at radius 3 is 1.41 bits per heavy atom. The van der Waals surface area contributed by atoms with Gasteiger partial charge in [-0.1, -0.05) is 84.9 Å². The Labute approximate surface area is 184 Å². The molecule has 0 nitrogen and oxygen atoms in total. The standard InChI is InChI=1S/C30H18F2/c31-23-16-22(17-24(32)18-23)30-27-11-5-3-9-25(27)29(26-10-4-6-12-28(26)30)21-14-13-19-7-1-2-8-20(19)15-21/h1-18H. The zero-order chi connectivity index (χ0) is 21.7. The quantitative estimate of drug-likeness (QED) is 0.248. The van der Waals surface area contributed by atoms with Gasteiger partial charge in [0.1, 0.15) is 11.6 Å². The second-order valence-electron chi connectivity index (χ2n) is 8.06. The molecule has 32 heavy (non-hydrogen) atoms. The van der Waals surface area contributed by atoms with Crippen LogP contribution in [0.4, 0.5) is 8.78 Å². The predicted molar refractivity (Wildman–Crippen MR) is 130 cm³/mol. The van der Waals surface area contributed by atoms with Gasteiger partial charge in [-0.3, -0.25) is 0 Å². The third kappa shape index (κ3) is 2.96. The van der Waals surface area contributed by atoms with E-state index < -0.39 is 11.6 Å². The van der Waals surface area contributed by atoms with E-state index in [1.54, 1.807) is 0 Å². The minimum Gasteiger partial charge on any atom is -0.207 e. The average Bonchev–Trinajstić information content (AvgIpc) is 2.81. The van der Waals surface area contributed by atoms with Gasteiger partial charge in [-0.15, -0.1) is 0 Å². The Morgan fingerprint density at radius 2 is 0.844 bits per heavy atom. The van der Waals surface area contributed by atoms with E-state index in [1.165, 1.54) is 22.9 Å². The van der Waals surface area contributed by atoms with Crippen LogP contribution in [-0.4, -0.2) is 0 Å². The van der Waals surface area contributed by atoms with Crippen LogP contribution in [0.3, 0.4) is 0 Å². The van der Waals surface area contributed by atoms with E-state index in [1.807, 2.05) is 48.5 Å². The molecule has 0 unspecified atom stereocenters. The Morgan fingerprint density at radius 1 is 0.375 bits per heavy atom.